The van der Waals surface area contributed by atoms with Crippen LogP contribution in [0.15, 0.2) is 24.4 Å². The van der Waals surface area contributed by atoms with Gasteiger partial charge in [0.05, 0.1) is 10.6 Å². The SMILES string of the molecule is CC(C)(C)C#Cc1cc(N[C@H]2CC[C@H](Oc3ncccc3C(F)(F)F)CC2)c(C(=O)O)s1. The zero-order chi connectivity index (χ0) is 23.5. The Morgan fingerprint density at radius 2 is 1.94 bits per heavy atom. The topological polar surface area (TPSA) is 71.5 Å². The lowest BCUT2D eigenvalue weighted by Gasteiger charge is -2.30. The number of thiophene rings is 1. The van der Waals surface area contributed by atoms with Gasteiger partial charge in [0.1, 0.15) is 16.5 Å². The van der Waals surface area contributed by atoms with E-state index in [-0.39, 0.29) is 22.4 Å². The Morgan fingerprint density at radius 1 is 1.25 bits per heavy atom. The summed E-state index contributed by atoms with van der Waals surface area (Å²) in [6, 6.07) is 3.94. The molecule has 1 saturated carbocycles. The summed E-state index contributed by atoms with van der Waals surface area (Å²) < 4.78 is 45.0. The molecule has 0 radical (unpaired) electrons. The molecule has 0 aromatic carbocycles. The zero-order valence-electron chi connectivity index (χ0n) is 18.0. The van der Waals surface area contributed by atoms with Crippen molar-refractivity contribution in [3.63, 3.8) is 0 Å². The first kappa shape index (κ1) is 23.9. The van der Waals surface area contributed by atoms with Crippen LogP contribution >= 0.6 is 11.3 Å². The minimum absolute atomic E-state index is 0.00297. The van der Waals surface area contributed by atoms with Crippen molar-refractivity contribution in [2.45, 2.75) is 64.8 Å². The Labute approximate surface area is 189 Å². The second kappa shape index (κ2) is 9.41. The molecule has 0 aliphatic heterocycles. The normalized spacial score (nSPS) is 19.1. The van der Waals surface area contributed by atoms with Gasteiger partial charge in [-0.3, -0.25) is 0 Å². The van der Waals surface area contributed by atoms with Crippen molar-refractivity contribution in [1.29, 1.82) is 0 Å². The second-order valence-electron chi connectivity index (χ2n) is 8.75. The maximum Gasteiger partial charge on any atom is 0.421 e. The lowest BCUT2D eigenvalue weighted by Crippen LogP contribution is -2.32. The van der Waals surface area contributed by atoms with Crippen LogP contribution in [0.1, 0.15) is 66.6 Å². The van der Waals surface area contributed by atoms with E-state index in [2.05, 4.69) is 22.1 Å². The van der Waals surface area contributed by atoms with Gasteiger partial charge < -0.3 is 15.2 Å². The molecule has 32 heavy (non-hydrogen) atoms. The van der Waals surface area contributed by atoms with Gasteiger partial charge in [-0.2, -0.15) is 13.2 Å². The van der Waals surface area contributed by atoms with Crippen molar-refractivity contribution >= 4 is 23.0 Å². The fraction of sp³-hybridized carbons (Fsp3) is 0.478. The van der Waals surface area contributed by atoms with E-state index in [0.717, 1.165) is 17.4 Å². The number of aromatic nitrogens is 1. The van der Waals surface area contributed by atoms with E-state index >= 15 is 0 Å². The number of aromatic carboxylic acids is 1. The molecule has 2 N–H and O–H groups in total. The van der Waals surface area contributed by atoms with E-state index in [4.69, 9.17) is 4.74 Å². The van der Waals surface area contributed by atoms with Crippen molar-refractivity contribution in [3.05, 3.63) is 39.7 Å². The van der Waals surface area contributed by atoms with Crippen LogP contribution in [0.3, 0.4) is 0 Å². The van der Waals surface area contributed by atoms with Crippen LogP contribution in [-0.4, -0.2) is 28.2 Å². The van der Waals surface area contributed by atoms with Gasteiger partial charge in [0.2, 0.25) is 5.88 Å². The highest BCUT2D eigenvalue weighted by molar-refractivity contribution is 7.15. The molecular formula is C23H25F3N2O3S. The molecule has 1 aliphatic rings. The molecule has 9 heteroatoms. The number of pyridine rings is 1. The van der Waals surface area contributed by atoms with E-state index in [1.807, 2.05) is 20.8 Å². The molecule has 0 spiro atoms. The molecule has 5 nitrogen and oxygen atoms in total. The molecule has 1 fully saturated rings. The first-order chi connectivity index (χ1) is 14.9. The van der Waals surface area contributed by atoms with Crippen LogP contribution < -0.4 is 10.1 Å². The molecule has 2 aromatic rings. The second-order valence-corrected chi connectivity index (χ2v) is 9.80. The Kier molecular flexibility index (Phi) is 7.03. The van der Waals surface area contributed by atoms with Crippen LogP contribution in [0.2, 0.25) is 0 Å². The zero-order valence-corrected chi connectivity index (χ0v) is 18.9. The molecule has 2 aromatic heterocycles. The summed E-state index contributed by atoms with van der Waals surface area (Å²) in [4.78, 5) is 16.3. The predicted octanol–water partition coefficient (Wildman–Crippen LogP) is 6.06. The van der Waals surface area contributed by atoms with Gasteiger partial charge in [0.15, 0.2) is 0 Å². The maximum atomic E-state index is 13.1. The molecule has 0 bridgehead atoms. The smallest absolute Gasteiger partial charge is 0.421 e. The van der Waals surface area contributed by atoms with Gasteiger partial charge in [0, 0.05) is 17.7 Å². The monoisotopic (exact) mass is 466 g/mol. The molecule has 0 atom stereocenters. The van der Waals surface area contributed by atoms with Crippen LogP contribution in [0.4, 0.5) is 18.9 Å². The molecule has 2 heterocycles. The van der Waals surface area contributed by atoms with E-state index in [1.165, 1.54) is 12.3 Å². The third-order valence-electron chi connectivity index (χ3n) is 4.88. The summed E-state index contributed by atoms with van der Waals surface area (Å²) in [5.41, 5.74) is -0.554. The average Bonchev–Trinajstić information content (AvgIpc) is 3.10. The van der Waals surface area contributed by atoms with E-state index in [1.54, 1.807) is 6.07 Å². The first-order valence-electron chi connectivity index (χ1n) is 10.3. The van der Waals surface area contributed by atoms with E-state index in [9.17, 15) is 23.1 Å². The number of ether oxygens (including phenoxy) is 1. The lowest BCUT2D eigenvalue weighted by molar-refractivity contribution is -0.139. The molecule has 3 rings (SSSR count). The van der Waals surface area contributed by atoms with Crippen LogP contribution in [0, 0.1) is 17.3 Å². The largest absolute Gasteiger partial charge is 0.477 e. The molecular weight excluding hydrogens is 441 g/mol. The fourth-order valence-corrected chi connectivity index (χ4v) is 4.18. The number of rotatable bonds is 5. The fourth-order valence-electron chi connectivity index (χ4n) is 3.37. The quantitative estimate of drug-likeness (QED) is 0.524. The van der Waals surface area contributed by atoms with Crippen molar-refractivity contribution in [1.82, 2.24) is 4.98 Å². The summed E-state index contributed by atoms with van der Waals surface area (Å²) in [7, 11) is 0. The van der Waals surface area contributed by atoms with Crippen LogP contribution in [-0.2, 0) is 6.18 Å². The van der Waals surface area contributed by atoms with Crippen molar-refractivity contribution in [2.75, 3.05) is 5.32 Å². The maximum absolute atomic E-state index is 13.1. The van der Waals surface area contributed by atoms with Crippen molar-refractivity contribution < 1.29 is 27.8 Å². The van der Waals surface area contributed by atoms with Gasteiger partial charge in [-0.25, -0.2) is 9.78 Å². The van der Waals surface area contributed by atoms with Crippen molar-refractivity contribution in [2.24, 2.45) is 5.41 Å². The standard InChI is InChI=1S/C23H25F3N2O3S/c1-22(2,3)11-10-16-13-18(19(32-16)21(29)30)28-14-6-8-15(9-7-14)31-20-17(23(24,25)26)5-4-12-27-20/h4-5,12-15,28H,6-9H2,1-3H3,(H,29,30)/t14-,15-. The Hall–Kier alpha value is -2.73. The highest BCUT2D eigenvalue weighted by Crippen LogP contribution is 2.36. The summed E-state index contributed by atoms with van der Waals surface area (Å²) in [5, 5.41) is 12.8. The lowest BCUT2D eigenvalue weighted by atomic mass is 9.92. The van der Waals surface area contributed by atoms with Gasteiger partial charge in [-0.1, -0.05) is 11.8 Å². The Balaban J connectivity index is 1.64. The molecule has 172 valence electrons. The summed E-state index contributed by atoms with van der Waals surface area (Å²) >= 11 is 1.13. The minimum atomic E-state index is -4.53. The third-order valence-corrected chi connectivity index (χ3v) is 5.91. The van der Waals surface area contributed by atoms with Gasteiger partial charge in [-0.15, -0.1) is 11.3 Å². The minimum Gasteiger partial charge on any atom is -0.477 e. The first-order valence-corrected chi connectivity index (χ1v) is 11.1. The number of hydrogen-bond acceptors (Lipinski definition) is 5. The van der Waals surface area contributed by atoms with Crippen molar-refractivity contribution in [3.8, 4) is 17.7 Å². The number of nitrogens with one attached hydrogen (secondary N) is 1. The van der Waals surface area contributed by atoms with E-state index < -0.39 is 23.6 Å². The number of carboxylic acid groups (broad SMARTS) is 1. The molecule has 0 saturated heterocycles. The molecule has 0 unspecified atom stereocenters. The van der Waals surface area contributed by atoms with Gasteiger partial charge in [-0.05, 0) is 64.7 Å². The van der Waals surface area contributed by atoms with Crippen LogP contribution in [0.5, 0.6) is 5.88 Å². The number of anilines is 1. The van der Waals surface area contributed by atoms with Crippen LogP contribution in [0.25, 0.3) is 0 Å². The van der Waals surface area contributed by atoms with E-state index in [0.29, 0.717) is 36.2 Å². The summed E-state index contributed by atoms with van der Waals surface area (Å²) in [6.45, 7) is 5.94. The average molecular weight is 467 g/mol. The highest BCUT2D eigenvalue weighted by atomic mass is 32.1. The summed E-state index contributed by atoms with van der Waals surface area (Å²) in [5.74, 6) is 4.72. The van der Waals surface area contributed by atoms with Gasteiger partial charge in [0.25, 0.3) is 0 Å². The molecule has 1 aliphatic carbocycles. The number of carboxylic acids is 1. The third kappa shape index (κ3) is 6.39. The molecule has 0 amide bonds. The number of carbonyl (C=O) groups is 1. The highest BCUT2D eigenvalue weighted by Gasteiger charge is 2.36. The number of nitrogens with zero attached hydrogens (tertiary/aromatic N) is 1. The number of hydrogen-bond donors (Lipinski definition) is 2. The summed E-state index contributed by atoms with van der Waals surface area (Å²) in [6.07, 6.45) is -1.28. The van der Waals surface area contributed by atoms with Gasteiger partial charge >= 0.3 is 12.1 Å². The number of halogens is 3. The predicted molar refractivity (Wildman–Crippen MR) is 117 cm³/mol. The Bertz CT molecular complexity index is 1020. The number of alkyl halides is 3. The Morgan fingerprint density at radius 3 is 2.53 bits per heavy atom.